The van der Waals surface area contributed by atoms with E-state index in [4.69, 9.17) is 5.11 Å². The van der Waals surface area contributed by atoms with Crippen LogP contribution in [0, 0.1) is 5.92 Å². The standard InChI is InChI=1S/C8H18OS/c1-4-8(10-5-2)7(3)6-9/h7-9H,4-6H2,1-3H3/t7-,8-/m0/s1. The summed E-state index contributed by atoms with van der Waals surface area (Å²) in [5.41, 5.74) is 0. The van der Waals surface area contributed by atoms with Crippen LogP contribution in [0.5, 0.6) is 0 Å². The quantitative estimate of drug-likeness (QED) is 0.668. The van der Waals surface area contributed by atoms with E-state index in [1.807, 2.05) is 11.8 Å². The first-order chi connectivity index (χ1) is 4.76. The third kappa shape index (κ3) is 3.47. The molecule has 0 aliphatic carbocycles. The fourth-order valence-electron chi connectivity index (χ4n) is 1.02. The molecule has 2 atom stereocenters. The minimum absolute atomic E-state index is 0.325. The van der Waals surface area contributed by atoms with Crippen molar-refractivity contribution in [1.29, 1.82) is 0 Å². The van der Waals surface area contributed by atoms with Crippen LogP contribution in [-0.2, 0) is 0 Å². The highest BCUT2D eigenvalue weighted by Gasteiger charge is 2.13. The molecule has 2 heteroatoms. The molecular formula is C8H18OS. The Morgan fingerprint density at radius 1 is 1.40 bits per heavy atom. The third-order valence-electron chi connectivity index (χ3n) is 1.71. The van der Waals surface area contributed by atoms with Gasteiger partial charge in [0.2, 0.25) is 0 Å². The van der Waals surface area contributed by atoms with Crippen LogP contribution in [0.3, 0.4) is 0 Å². The maximum atomic E-state index is 8.85. The Hall–Kier alpha value is 0.310. The zero-order chi connectivity index (χ0) is 7.98. The molecule has 0 aliphatic rings. The summed E-state index contributed by atoms with van der Waals surface area (Å²) < 4.78 is 0. The largest absolute Gasteiger partial charge is 0.396 e. The number of hydrogen-bond acceptors (Lipinski definition) is 2. The van der Waals surface area contributed by atoms with Crippen LogP contribution < -0.4 is 0 Å². The smallest absolute Gasteiger partial charge is 0.0467 e. The lowest BCUT2D eigenvalue weighted by Gasteiger charge is -2.18. The molecule has 0 aromatic heterocycles. The summed E-state index contributed by atoms with van der Waals surface area (Å²) in [5.74, 6) is 1.61. The fraction of sp³-hybridized carbons (Fsp3) is 1.00. The Kier molecular flexibility index (Phi) is 6.24. The van der Waals surface area contributed by atoms with Gasteiger partial charge in [0.25, 0.3) is 0 Å². The van der Waals surface area contributed by atoms with Crippen LogP contribution >= 0.6 is 11.8 Å². The molecule has 0 saturated carbocycles. The lowest BCUT2D eigenvalue weighted by molar-refractivity contribution is 0.233. The zero-order valence-corrected chi connectivity index (χ0v) is 7.95. The molecule has 1 N–H and O–H groups in total. The summed E-state index contributed by atoms with van der Waals surface area (Å²) in [6.45, 7) is 6.78. The van der Waals surface area contributed by atoms with Crippen molar-refractivity contribution in [3.63, 3.8) is 0 Å². The molecule has 0 rings (SSSR count). The number of rotatable bonds is 5. The summed E-state index contributed by atoms with van der Waals surface area (Å²) in [6.07, 6.45) is 1.17. The maximum Gasteiger partial charge on any atom is 0.0467 e. The first-order valence-corrected chi connectivity index (χ1v) is 5.03. The predicted molar refractivity (Wildman–Crippen MR) is 48.5 cm³/mol. The van der Waals surface area contributed by atoms with Gasteiger partial charge in [-0.05, 0) is 18.1 Å². The molecule has 10 heavy (non-hydrogen) atoms. The first-order valence-electron chi connectivity index (χ1n) is 3.98. The molecule has 62 valence electrons. The molecule has 0 radical (unpaired) electrons. The van der Waals surface area contributed by atoms with Gasteiger partial charge in [0.15, 0.2) is 0 Å². The molecule has 0 heterocycles. The Morgan fingerprint density at radius 3 is 2.30 bits per heavy atom. The molecule has 0 fully saturated rings. The van der Waals surface area contributed by atoms with Gasteiger partial charge in [-0.15, -0.1) is 0 Å². The minimum atomic E-state index is 0.325. The van der Waals surface area contributed by atoms with Crippen LogP contribution in [0.2, 0.25) is 0 Å². The topological polar surface area (TPSA) is 20.2 Å². The summed E-state index contributed by atoms with van der Waals surface area (Å²) in [6, 6.07) is 0. The molecule has 0 aromatic rings. The summed E-state index contributed by atoms with van der Waals surface area (Å²) in [7, 11) is 0. The van der Waals surface area contributed by atoms with E-state index in [-0.39, 0.29) is 0 Å². The number of aliphatic hydroxyl groups excluding tert-OH is 1. The van der Waals surface area contributed by atoms with Gasteiger partial charge < -0.3 is 5.11 Å². The van der Waals surface area contributed by atoms with Gasteiger partial charge in [0, 0.05) is 11.9 Å². The van der Waals surface area contributed by atoms with Crippen LogP contribution in [0.1, 0.15) is 27.2 Å². The van der Waals surface area contributed by atoms with E-state index >= 15 is 0 Å². The summed E-state index contributed by atoms with van der Waals surface area (Å²) >= 11 is 1.95. The molecule has 0 amide bonds. The van der Waals surface area contributed by atoms with Crippen molar-refractivity contribution in [3.8, 4) is 0 Å². The normalized spacial score (nSPS) is 16.8. The minimum Gasteiger partial charge on any atom is -0.396 e. The highest BCUT2D eigenvalue weighted by molar-refractivity contribution is 7.99. The molecule has 0 unspecified atom stereocenters. The molecule has 0 aromatic carbocycles. The monoisotopic (exact) mass is 162 g/mol. The number of aliphatic hydroxyl groups is 1. The Balaban J connectivity index is 3.56. The van der Waals surface area contributed by atoms with Gasteiger partial charge in [-0.1, -0.05) is 20.8 Å². The highest BCUT2D eigenvalue weighted by Crippen LogP contribution is 2.21. The van der Waals surface area contributed by atoms with E-state index in [9.17, 15) is 0 Å². The Bertz CT molecular complexity index is 75.7. The van der Waals surface area contributed by atoms with E-state index in [0.29, 0.717) is 17.8 Å². The van der Waals surface area contributed by atoms with Crippen molar-refractivity contribution >= 4 is 11.8 Å². The maximum absolute atomic E-state index is 8.85. The van der Waals surface area contributed by atoms with Crippen molar-refractivity contribution in [3.05, 3.63) is 0 Å². The van der Waals surface area contributed by atoms with Crippen LogP contribution in [0.4, 0.5) is 0 Å². The molecule has 0 bridgehead atoms. The van der Waals surface area contributed by atoms with Crippen LogP contribution in [-0.4, -0.2) is 22.7 Å². The van der Waals surface area contributed by atoms with Gasteiger partial charge >= 0.3 is 0 Å². The first kappa shape index (κ1) is 10.3. The van der Waals surface area contributed by atoms with Crippen molar-refractivity contribution in [2.75, 3.05) is 12.4 Å². The molecule has 1 nitrogen and oxygen atoms in total. The fourth-order valence-corrected chi connectivity index (χ4v) is 2.09. The van der Waals surface area contributed by atoms with E-state index in [2.05, 4.69) is 20.8 Å². The zero-order valence-electron chi connectivity index (χ0n) is 7.13. The number of hydrogen-bond donors (Lipinski definition) is 1. The second-order valence-electron chi connectivity index (χ2n) is 2.56. The third-order valence-corrected chi connectivity index (χ3v) is 3.27. The Morgan fingerprint density at radius 2 is 2.00 bits per heavy atom. The van der Waals surface area contributed by atoms with E-state index in [1.165, 1.54) is 6.42 Å². The second-order valence-corrected chi connectivity index (χ2v) is 4.08. The molecule has 0 aliphatic heterocycles. The van der Waals surface area contributed by atoms with Gasteiger partial charge in [-0.25, -0.2) is 0 Å². The van der Waals surface area contributed by atoms with Gasteiger partial charge in [0.05, 0.1) is 0 Å². The van der Waals surface area contributed by atoms with Crippen molar-refractivity contribution in [2.45, 2.75) is 32.4 Å². The second kappa shape index (κ2) is 6.05. The molecule has 0 saturated heterocycles. The predicted octanol–water partition coefficient (Wildman–Crippen LogP) is 2.15. The highest BCUT2D eigenvalue weighted by atomic mass is 32.2. The average molecular weight is 162 g/mol. The van der Waals surface area contributed by atoms with Crippen molar-refractivity contribution in [1.82, 2.24) is 0 Å². The van der Waals surface area contributed by atoms with Crippen molar-refractivity contribution in [2.24, 2.45) is 5.92 Å². The van der Waals surface area contributed by atoms with E-state index in [0.717, 1.165) is 5.75 Å². The van der Waals surface area contributed by atoms with Crippen LogP contribution in [0.15, 0.2) is 0 Å². The summed E-state index contributed by atoms with van der Waals surface area (Å²) in [4.78, 5) is 0. The average Bonchev–Trinajstić information content (AvgIpc) is 1.99. The van der Waals surface area contributed by atoms with Gasteiger partial charge in [-0.3, -0.25) is 0 Å². The van der Waals surface area contributed by atoms with E-state index in [1.54, 1.807) is 0 Å². The van der Waals surface area contributed by atoms with Crippen LogP contribution in [0.25, 0.3) is 0 Å². The Labute approximate surface area is 68.2 Å². The SMILES string of the molecule is CCS[C@@H](CC)[C@@H](C)CO. The molecular weight excluding hydrogens is 144 g/mol. The number of thioether (sulfide) groups is 1. The summed E-state index contributed by atoms with van der Waals surface area (Å²) in [5, 5.41) is 9.50. The van der Waals surface area contributed by atoms with Gasteiger partial charge in [-0.2, -0.15) is 11.8 Å². The van der Waals surface area contributed by atoms with Crippen molar-refractivity contribution < 1.29 is 5.11 Å². The lowest BCUT2D eigenvalue weighted by Crippen LogP contribution is -2.17. The van der Waals surface area contributed by atoms with Gasteiger partial charge in [0.1, 0.15) is 0 Å². The lowest BCUT2D eigenvalue weighted by atomic mass is 10.1. The molecule has 0 spiro atoms. The van der Waals surface area contributed by atoms with E-state index < -0.39 is 0 Å².